The second-order valence-electron chi connectivity index (χ2n) is 6.51. The third-order valence-electron chi connectivity index (χ3n) is 4.69. The fourth-order valence-corrected chi connectivity index (χ4v) is 3.59. The molecule has 1 aliphatic rings. The van der Waals surface area contributed by atoms with Gasteiger partial charge in [-0.05, 0) is 23.6 Å². The summed E-state index contributed by atoms with van der Waals surface area (Å²) in [7, 11) is 0. The maximum atomic E-state index is 10.5. The molecule has 0 saturated heterocycles. The number of fused-ring (bicyclic) bond motifs is 2. The molecule has 2 N–H and O–H groups in total. The fourth-order valence-electron chi connectivity index (χ4n) is 3.38. The number of β-amino-alcohol motifs (C(OH)–C–C–N with tert-alkyl or cyclic N) is 1. The quantitative estimate of drug-likeness (QED) is 0.673. The van der Waals surface area contributed by atoms with Gasteiger partial charge >= 0.3 is 0 Å². The lowest BCUT2D eigenvalue weighted by molar-refractivity contribution is 0.114. The highest BCUT2D eigenvalue weighted by atomic mass is 35.5. The third kappa shape index (κ3) is 3.62. The molecule has 7 heteroatoms. The first-order valence-corrected chi connectivity index (χ1v) is 9.05. The van der Waals surface area contributed by atoms with Gasteiger partial charge in [0, 0.05) is 37.8 Å². The first kappa shape index (κ1) is 17.1. The van der Waals surface area contributed by atoms with E-state index in [4.69, 9.17) is 11.6 Å². The molecule has 26 heavy (non-hydrogen) atoms. The first-order valence-electron chi connectivity index (χ1n) is 8.67. The molecule has 0 amide bonds. The summed E-state index contributed by atoms with van der Waals surface area (Å²) in [5.41, 5.74) is 3.37. The van der Waals surface area contributed by atoms with Crippen molar-refractivity contribution in [2.75, 3.05) is 25.0 Å². The van der Waals surface area contributed by atoms with Crippen LogP contribution >= 0.6 is 11.6 Å². The Hall–Kier alpha value is -2.28. The molecule has 1 atom stereocenters. The van der Waals surface area contributed by atoms with E-state index in [0.717, 1.165) is 24.9 Å². The van der Waals surface area contributed by atoms with Gasteiger partial charge < -0.3 is 10.4 Å². The Morgan fingerprint density at radius 2 is 2.00 bits per heavy atom. The summed E-state index contributed by atoms with van der Waals surface area (Å²) in [6, 6.07) is 10.3. The molecular weight excluding hydrogens is 350 g/mol. The van der Waals surface area contributed by atoms with Gasteiger partial charge in [-0.1, -0.05) is 35.9 Å². The van der Waals surface area contributed by atoms with Crippen LogP contribution in [0.4, 0.5) is 5.82 Å². The molecule has 6 nitrogen and oxygen atoms in total. The van der Waals surface area contributed by atoms with E-state index in [1.807, 2.05) is 6.07 Å². The van der Waals surface area contributed by atoms with Gasteiger partial charge in [-0.2, -0.15) is 0 Å². The van der Waals surface area contributed by atoms with Crippen molar-refractivity contribution in [1.82, 2.24) is 19.9 Å². The van der Waals surface area contributed by atoms with Crippen molar-refractivity contribution in [2.24, 2.45) is 0 Å². The summed E-state index contributed by atoms with van der Waals surface area (Å²) >= 11 is 6.08. The van der Waals surface area contributed by atoms with Crippen molar-refractivity contribution >= 4 is 28.3 Å². The van der Waals surface area contributed by atoms with Gasteiger partial charge in [0.15, 0.2) is 5.15 Å². The topological polar surface area (TPSA) is 74.2 Å². The van der Waals surface area contributed by atoms with Crippen molar-refractivity contribution in [3.05, 3.63) is 59.1 Å². The molecule has 0 fully saturated rings. The Bertz CT molecular complexity index is 919. The summed E-state index contributed by atoms with van der Waals surface area (Å²) in [6.07, 6.45) is 3.60. The summed E-state index contributed by atoms with van der Waals surface area (Å²) in [5, 5.41) is 14.8. The van der Waals surface area contributed by atoms with Gasteiger partial charge in [0.25, 0.3) is 0 Å². The lowest BCUT2D eigenvalue weighted by Gasteiger charge is -2.30. The number of pyridine rings is 1. The van der Waals surface area contributed by atoms with Crippen LogP contribution in [0.3, 0.4) is 0 Å². The minimum Gasteiger partial charge on any atom is -0.390 e. The average molecular weight is 370 g/mol. The maximum absolute atomic E-state index is 10.5. The fraction of sp³-hybridized carbons (Fsp3) is 0.316. The standard InChI is InChI=1S/C19H20ClN5O/c20-18-17-16(5-7-21-18)19(24-12-23-17)22-9-15(26)11-25-8-6-13-3-1-2-4-14(13)10-25/h1-5,7,12,15,26H,6,8-11H2,(H,22,23,24). The largest absolute Gasteiger partial charge is 0.390 e. The van der Waals surface area contributed by atoms with Crippen molar-refractivity contribution in [1.29, 1.82) is 0 Å². The summed E-state index contributed by atoms with van der Waals surface area (Å²) in [6.45, 7) is 2.87. The van der Waals surface area contributed by atoms with E-state index in [1.54, 1.807) is 6.20 Å². The number of halogens is 1. The molecule has 0 bridgehead atoms. The monoisotopic (exact) mass is 369 g/mol. The zero-order valence-electron chi connectivity index (χ0n) is 14.3. The summed E-state index contributed by atoms with van der Waals surface area (Å²) < 4.78 is 0. The Balaban J connectivity index is 1.38. The Kier molecular flexibility index (Phi) is 4.97. The van der Waals surface area contributed by atoms with E-state index >= 15 is 0 Å². The summed E-state index contributed by atoms with van der Waals surface area (Å²) in [5.74, 6) is 0.655. The van der Waals surface area contributed by atoms with E-state index in [-0.39, 0.29) is 0 Å². The number of nitrogens with zero attached hydrogens (tertiary/aromatic N) is 4. The van der Waals surface area contributed by atoms with Crippen molar-refractivity contribution in [3.8, 4) is 0 Å². The van der Waals surface area contributed by atoms with Gasteiger partial charge in [-0.15, -0.1) is 0 Å². The SMILES string of the molecule is OC(CNc1ncnc2c(Cl)nccc12)CN1CCc2ccccc2C1. The molecule has 1 aromatic carbocycles. The molecule has 1 aliphatic heterocycles. The minimum atomic E-state index is -0.498. The van der Waals surface area contributed by atoms with Crippen LogP contribution in [0.15, 0.2) is 42.9 Å². The van der Waals surface area contributed by atoms with Crippen LogP contribution in [-0.2, 0) is 13.0 Å². The molecule has 0 aliphatic carbocycles. The number of hydrogen-bond donors (Lipinski definition) is 2. The van der Waals surface area contributed by atoms with Crippen LogP contribution in [0.5, 0.6) is 0 Å². The van der Waals surface area contributed by atoms with Crippen molar-refractivity contribution in [2.45, 2.75) is 19.1 Å². The van der Waals surface area contributed by atoms with Crippen LogP contribution in [0, 0.1) is 0 Å². The predicted molar refractivity (Wildman–Crippen MR) is 102 cm³/mol. The lowest BCUT2D eigenvalue weighted by atomic mass is 10.00. The molecule has 2 aromatic heterocycles. The van der Waals surface area contributed by atoms with Crippen molar-refractivity contribution in [3.63, 3.8) is 0 Å². The van der Waals surface area contributed by atoms with Crippen LogP contribution in [0.2, 0.25) is 5.15 Å². The molecule has 4 rings (SSSR count). The van der Waals surface area contributed by atoms with Crippen LogP contribution in [0.1, 0.15) is 11.1 Å². The number of benzene rings is 1. The van der Waals surface area contributed by atoms with Gasteiger partial charge in [-0.25, -0.2) is 15.0 Å². The molecule has 3 aromatic rings. The average Bonchev–Trinajstić information content (AvgIpc) is 2.67. The predicted octanol–water partition coefficient (Wildman–Crippen LogP) is 2.51. The molecule has 0 spiro atoms. The highest BCUT2D eigenvalue weighted by Gasteiger charge is 2.18. The van der Waals surface area contributed by atoms with Gasteiger partial charge in [0.05, 0.1) is 6.10 Å². The van der Waals surface area contributed by atoms with E-state index in [2.05, 4.69) is 49.4 Å². The minimum absolute atomic E-state index is 0.348. The zero-order chi connectivity index (χ0) is 17.9. The van der Waals surface area contributed by atoms with Crippen LogP contribution in [0.25, 0.3) is 10.9 Å². The first-order chi connectivity index (χ1) is 12.7. The Labute approximate surface area is 156 Å². The number of aromatic nitrogens is 3. The molecule has 3 heterocycles. The van der Waals surface area contributed by atoms with Crippen molar-refractivity contribution < 1.29 is 5.11 Å². The summed E-state index contributed by atoms with van der Waals surface area (Å²) in [4.78, 5) is 14.7. The van der Waals surface area contributed by atoms with E-state index in [0.29, 0.717) is 29.6 Å². The highest BCUT2D eigenvalue weighted by Crippen LogP contribution is 2.23. The molecular formula is C19H20ClN5O. The van der Waals surface area contributed by atoms with Gasteiger partial charge in [0.2, 0.25) is 0 Å². The van der Waals surface area contributed by atoms with E-state index in [1.165, 1.54) is 17.5 Å². The number of hydrogen-bond acceptors (Lipinski definition) is 6. The number of aliphatic hydroxyl groups excluding tert-OH is 1. The molecule has 1 unspecified atom stereocenters. The second kappa shape index (κ2) is 7.53. The number of rotatable bonds is 5. The second-order valence-corrected chi connectivity index (χ2v) is 6.87. The third-order valence-corrected chi connectivity index (χ3v) is 4.97. The number of aliphatic hydroxyl groups is 1. The molecule has 0 radical (unpaired) electrons. The van der Waals surface area contributed by atoms with E-state index in [9.17, 15) is 5.11 Å². The lowest BCUT2D eigenvalue weighted by Crippen LogP contribution is -2.39. The molecule has 0 saturated carbocycles. The van der Waals surface area contributed by atoms with Crippen LogP contribution < -0.4 is 5.32 Å². The number of nitrogens with one attached hydrogen (secondary N) is 1. The Morgan fingerprint density at radius 3 is 2.88 bits per heavy atom. The Morgan fingerprint density at radius 1 is 1.15 bits per heavy atom. The zero-order valence-corrected chi connectivity index (χ0v) is 15.0. The molecule has 134 valence electrons. The van der Waals surface area contributed by atoms with Gasteiger partial charge in [-0.3, -0.25) is 4.90 Å². The van der Waals surface area contributed by atoms with Gasteiger partial charge in [0.1, 0.15) is 17.7 Å². The number of anilines is 1. The highest BCUT2D eigenvalue weighted by molar-refractivity contribution is 6.34. The maximum Gasteiger partial charge on any atom is 0.155 e. The van der Waals surface area contributed by atoms with E-state index < -0.39 is 6.10 Å². The van der Waals surface area contributed by atoms with Crippen LogP contribution in [-0.4, -0.2) is 50.7 Å². The normalized spacial score (nSPS) is 15.6. The smallest absolute Gasteiger partial charge is 0.155 e.